The normalized spacial score (nSPS) is 10.8. The van der Waals surface area contributed by atoms with Crippen LogP contribution in [0.2, 0.25) is 0 Å². The number of aromatic nitrogens is 3. The van der Waals surface area contributed by atoms with Gasteiger partial charge < -0.3 is 15.4 Å². The van der Waals surface area contributed by atoms with Crippen LogP contribution >= 0.6 is 0 Å². The summed E-state index contributed by atoms with van der Waals surface area (Å²) in [6.45, 7) is 13.6. The molecule has 1 amide bonds. The zero-order valence-electron chi connectivity index (χ0n) is 22.1. The van der Waals surface area contributed by atoms with E-state index < -0.39 is 5.60 Å². The largest absolute Gasteiger partial charge is 0.444 e. The molecule has 0 aliphatic heterocycles. The molecule has 2 heterocycles. The molecule has 0 saturated heterocycles. The summed E-state index contributed by atoms with van der Waals surface area (Å²) >= 11 is 0. The maximum absolute atomic E-state index is 12.0. The third kappa shape index (κ3) is 10.2. The molecule has 0 bridgehead atoms. The van der Waals surface area contributed by atoms with Crippen LogP contribution in [-0.4, -0.2) is 58.4 Å². The Morgan fingerprint density at radius 1 is 1.17 bits per heavy atom. The molecule has 0 fully saturated rings. The molecule has 2 aromatic rings. The van der Waals surface area contributed by atoms with E-state index >= 15 is 0 Å². The monoisotopic (exact) mass is 481 g/mol. The van der Waals surface area contributed by atoms with Gasteiger partial charge in [0.05, 0.1) is 30.3 Å². The van der Waals surface area contributed by atoms with E-state index in [1.807, 2.05) is 40.7 Å². The fourth-order valence-corrected chi connectivity index (χ4v) is 2.86. The van der Waals surface area contributed by atoms with Gasteiger partial charge in [-0.3, -0.25) is 15.2 Å². The van der Waals surface area contributed by atoms with E-state index in [2.05, 4.69) is 49.7 Å². The second-order valence-corrected chi connectivity index (χ2v) is 9.38. The number of ether oxygens (including phenoxy) is 1. The zero-order valence-corrected chi connectivity index (χ0v) is 22.1. The van der Waals surface area contributed by atoms with Crippen molar-refractivity contribution in [1.82, 2.24) is 25.2 Å². The Balaban J connectivity index is 1.88. The van der Waals surface area contributed by atoms with Crippen LogP contribution in [0.4, 0.5) is 22.2 Å². The minimum Gasteiger partial charge on any atom is -0.444 e. The maximum atomic E-state index is 12.0. The van der Waals surface area contributed by atoms with Gasteiger partial charge in [-0.2, -0.15) is 4.98 Å². The highest BCUT2D eigenvalue weighted by Gasteiger charge is 2.19. The van der Waals surface area contributed by atoms with Crippen molar-refractivity contribution in [3.63, 3.8) is 0 Å². The summed E-state index contributed by atoms with van der Waals surface area (Å²) in [5, 5.41) is 9.79. The summed E-state index contributed by atoms with van der Waals surface area (Å²) in [6, 6.07) is 2.03. The SMILES string of the molecule is CCCNc1nc(Nc2cnc(C)c(C)c2)ncc1C#CCCCNCN(C)C(=O)OC(C)(C)C. The Morgan fingerprint density at radius 3 is 2.63 bits per heavy atom. The van der Waals surface area contributed by atoms with Gasteiger partial charge in [0, 0.05) is 25.7 Å². The molecule has 3 N–H and O–H groups in total. The molecule has 0 saturated carbocycles. The van der Waals surface area contributed by atoms with Crippen LogP contribution in [-0.2, 0) is 4.74 Å². The first-order valence-electron chi connectivity index (χ1n) is 12.0. The molecule has 35 heavy (non-hydrogen) atoms. The van der Waals surface area contributed by atoms with Crippen LogP contribution in [0.3, 0.4) is 0 Å². The van der Waals surface area contributed by atoms with Crippen LogP contribution in [0.15, 0.2) is 18.5 Å². The van der Waals surface area contributed by atoms with Crippen molar-refractivity contribution in [2.75, 3.05) is 37.4 Å². The molecule has 190 valence electrons. The van der Waals surface area contributed by atoms with Gasteiger partial charge >= 0.3 is 6.09 Å². The second-order valence-electron chi connectivity index (χ2n) is 9.38. The lowest BCUT2D eigenvalue weighted by Gasteiger charge is -2.24. The van der Waals surface area contributed by atoms with E-state index in [0.717, 1.165) is 48.4 Å². The molecule has 2 rings (SSSR count). The van der Waals surface area contributed by atoms with Gasteiger partial charge in [-0.1, -0.05) is 18.8 Å². The Morgan fingerprint density at radius 2 is 1.94 bits per heavy atom. The second kappa shape index (κ2) is 13.5. The van der Waals surface area contributed by atoms with Crippen molar-refractivity contribution in [2.24, 2.45) is 0 Å². The van der Waals surface area contributed by atoms with Crippen molar-refractivity contribution < 1.29 is 9.53 Å². The van der Waals surface area contributed by atoms with Gasteiger partial charge in [-0.05, 0) is 65.6 Å². The average molecular weight is 482 g/mol. The van der Waals surface area contributed by atoms with E-state index in [1.165, 1.54) is 4.90 Å². The molecular formula is C26H39N7O2. The predicted octanol–water partition coefficient (Wildman–Crippen LogP) is 4.60. The van der Waals surface area contributed by atoms with Gasteiger partial charge in [0.25, 0.3) is 0 Å². The summed E-state index contributed by atoms with van der Waals surface area (Å²) in [6.07, 6.45) is 5.71. The highest BCUT2D eigenvalue weighted by Crippen LogP contribution is 2.18. The van der Waals surface area contributed by atoms with E-state index in [4.69, 9.17) is 4.74 Å². The topological polar surface area (TPSA) is 104 Å². The summed E-state index contributed by atoms with van der Waals surface area (Å²) < 4.78 is 5.33. The van der Waals surface area contributed by atoms with Gasteiger partial charge in [-0.25, -0.2) is 9.78 Å². The van der Waals surface area contributed by atoms with E-state index in [1.54, 1.807) is 19.4 Å². The van der Waals surface area contributed by atoms with Crippen molar-refractivity contribution >= 4 is 23.5 Å². The number of amides is 1. The standard InChI is InChI=1S/C26H39N7O2/c1-8-13-28-23-21(16-30-24(32-23)31-22-15-19(2)20(3)29-17-22)12-10-9-11-14-27-18-33(7)25(34)35-26(4,5)6/h15-17,27H,8-9,11,13-14,18H2,1-7H3,(H2,28,30,31,32). The molecule has 0 unspecified atom stereocenters. The lowest BCUT2D eigenvalue weighted by Crippen LogP contribution is -2.39. The van der Waals surface area contributed by atoms with E-state index in [-0.39, 0.29) is 6.09 Å². The molecule has 9 heteroatoms. The molecule has 0 aromatic carbocycles. The van der Waals surface area contributed by atoms with Crippen LogP contribution in [0.5, 0.6) is 0 Å². The molecule has 0 aliphatic carbocycles. The molecule has 9 nitrogen and oxygen atoms in total. The van der Waals surface area contributed by atoms with Crippen molar-refractivity contribution in [1.29, 1.82) is 0 Å². The van der Waals surface area contributed by atoms with Gasteiger partial charge in [0.15, 0.2) is 0 Å². The lowest BCUT2D eigenvalue weighted by molar-refractivity contribution is 0.0286. The highest BCUT2D eigenvalue weighted by atomic mass is 16.6. The molecule has 0 atom stereocenters. The predicted molar refractivity (Wildman–Crippen MR) is 141 cm³/mol. The van der Waals surface area contributed by atoms with Crippen LogP contribution < -0.4 is 16.0 Å². The van der Waals surface area contributed by atoms with Gasteiger partial charge in [0.2, 0.25) is 5.95 Å². The van der Waals surface area contributed by atoms with Crippen LogP contribution in [0.25, 0.3) is 0 Å². The smallest absolute Gasteiger partial charge is 0.411 e. The van der Waals surface area contributed by atoms with E-state index in [0.29, 0.717) is 24.9 Å². The lowest BCUT2D eigenvalue weighted by atomic mass is 10.2. The Kier molecular flexibility index (Phi) is 10.7. The number of anilines is 3. The maximum Gasteiger partial charge on any atom is 0.411 e. The number of pyridine rings is 1. The Labute approximate surface area is 209 Å². The first kappa shape index (κ1) is 27.9. The Bertz CT molecular complexity index is 1040. The number of rotatable bonds is 10. The number of carbonyl (C=O) groups excluding carboxylic acids is 1. The van der Waals surface area contributed by atoms with Gasteiger partial charge in [-0.15, -0.1) is 0 Å². The number of unbranched alkanes of at least 4 members (excludes halogenated alkanes) is 1. The number of carbonyl (C=O) groups is 1. The number of aryl methyl sites for hydroxylation is 2. The molecule has 2 aromatic heterocycles. The fraction of sp³-hybridized carbons (Fsp3) is 0.538. The molecule has 0 spiro atoms. The Hall–Kier alpha value is -3.38. The van der Waals surface area contributed by atoms with Crippen LogP contribution in [0, 0.1) is 25.7 Å². The highest BCUT2D eigenvalue weighted by molar-refractivity contribution is 5.67. The summed E-state index contributed by atoms with van der Waals surface area (Å²) in [5.41, 5.74) is 3.21. The quantitative estimate of drug-likeness (QED) is 0.257. The minimum absolute atomic E-state index is 0.344. The number of hydrogen-bond donors (Lipinski definition) is 3. The number of nitrogens with one attached hydrogen (secondary N) is 3. The van der Waals surface area contributed by atoms with Crippen molar-refractivity contribution in [2.45, 2.75) is 66.4 Å². The number of hydrogen-bond acceptors (Lipinski definition) is 8. The molecule has 0 radical (unpaired) electrons. The summed E-state index contributed by atoms with van der Waals surface area (Å²) in [7, 11) is 1.71. The first-order chi connectivity index (χ1) is 16.6. The average Bonchev–Trinajstić information content (AvgIpc) is 2.79. The number of nitrogens with zero attached hydrogens (tertiary/aromatic N) is 4. The van der Waals surface area contributed by atoms with E-state index in [9.17, 15) is 4.79 Å². The molecular weight excluding hydrogens is 442 g/mol. The van der Waals surface area contributed by atoms with Crippen molar-refractivity contribution in [3.8, 4) is 11.8 Å². The van der Waals surface area contributed by atoms with Gasteiger partial charge in [0.1, 0.15) is 11.4 Å². The summed E-state index contributed by atoms with van der Waals surface area (Å²) in [4.78, 5) is 26.9. The zero-order chi connectivity index (χ0) is 25.8. The minimum atomic E-state index is -0.499. The van der Waals surface area contributed by atoms with Crippen molar-refractivity contribution in [3.05, 3.63) is 35.3 Å². The first-order valence-corrected chi connectivity index (χ1v) is 12.0. The fourth-order valence-electron chi connectivity index (χ4n) is 2.86. The molecule has 0 aliphatic rings. The third-order valence-electron chi connectivity index (χ3n) is 4.86. The van der Waals surface area contributed by atoms with Crippen LogP contribution in [0.1, 0.15) is 63.8 Å². The summed E-state index contributed by atoms with van der Waals surface area (Å²) in [5.74, 6) is 7.59. The third-order valence-corrected chi connectivity index (χ3v) is 4.86.